The van der Waals surface area contributed by atoms with E-state index in [0.717, 1.165) is 28.1 Å². The molecule has 0 saturated heterocycles. The SMILES string of the molecule is CCC(=O)Nc1ccc2nc(C)c(C)nc2c1. The molecule has 0 aliphatic heterocycles. The van der Waals surface area contributed by atoms with Crippen molar-refractivity contribution in [1.82, 2.24) is 9.97 Å². The summed E-state index contributed by atoms with van der Waals surface area (Å²) in [7, 11) is 0. The molecule has 1 heterocycles. The lowest BCUT2D eigenvalue weighted by Gasteiger charge is -2.06. The molecular formula is C13H15N3O. The number of aromatic nitrogens is 2. The topological polar surface area (TPSA) is 54.9 Å². The number of carbonyl (C=O) groups excluding carboxylic acids is 1. The van der Waals surface area contributed by atoms with E-state index < -0.39 is 0 Å². The fourth-order valence-corrected chi connectivity index (χ4v) is 1.56. The summed E-state index contributed by atoms with van der Waals surface area (Å²) in [6.45, 7) is 5.69. The Balaban J connectivity index is 2.43. The van der Waals surface area contributed by atoms with Gasteiger partial charge >= 0.3 is 0 Å². The lowest BCUT2D eigenvalue weighted by Crippen LogP contribution is -2.09. The van der Waals surface area contributed by atoms with E-state index in [1.165, 1.54) is 0 Å². The number of amides is 1. The van der Waals surface area contributed by atoms with Crippen molar-refractivity contribution in [1.29, 1.82) is 0 Å². The molecule has 17 heavy (non-hydrogen) atoms. The molecule has 0 bridgehead atoms. The lowest BCUT2D eigenvalue weighted by molar-refractivity contribution is -0.115. The summed E-state index contributed by atoms with van der Waals surface area (Å²) in [5, 5.41) is 2.81. The molecule has 0 atom stereocenters. The van der Waals surface area contributed by atoms with E-state index >= 15 is 0 Å². The number of rotatable bonds is 2. The van der Waals surface area contributed by atoms with Crippen LogP contribution in [0.25, 0.3) is 11.0 Å². The minimum absolute atomic E-state index is 0.00106. The summed E-state index contributed by atoms with van der Waals surface area (Å²) in [4.78, 5) is 20.2. The Hall–Kier alpha value is -1.97. The molecule has 1 aromatic carbocycles. The zero-order valence-electron chi connectivity index (χ0n) is 10.2. The fourth-order valence-electron chi connectivity index (χ4n) is 1.56. The van der Waals surface area contributed by atoms with Gasteiger partial charge in [-0.25, -0.2) is 9.97 Å². The highest BCUT2D eigenvalue weighted by atomic mass is 16.1. The first-order valence-corrected chi connectivity index (χ1v) is 5.65. The predicted molar refractivity (Wildman–Crippen MR) is 67.9 cm³/mol. The van der Waals surface area contributed by atoms with Crippen molar-refractivity contribution >= 4 is 22.6 Å². The molecule has 0 saturated carbocycles. The van der Waals surface area contributed by atoms with Crippen LogP contribution in [0.1, 0.15) is 24.7 Å². The van der Waals surface area contributed by atoms with Gasteiger partial charge in [0.15, 0.2) is 0 Å². The molecular weight excluding hydrogens is 214 g/mol. The van der Waals surface area contributed by atoms with Gasteiger partial charge < -0.3 is 5.32 Å². The molecule has 88 valence electrons. The summed E-state index contributed by atoms with van der Waals surface area (Å²) in [5.41, 5.74) is 4.27. The van der Waals surface area contributed by atoms with Crippen LogP contribution in [0.15, 0.2) is 18.2 Å². The van der Waals surface area contributed by atoms with Crippen LogP contribution in [0, 0.1) is 13.8 Å². The summed E-state index contributed by atoms with van der Waals surface area (Å²) >= 11 is 0. The van der Waals surface area contributed by atoms with Gasteiger partial charge in [-0.2, -0.15) is 0 Å². The highest BCUT2D eigenvalue weighted by Gasteiger charge is 2.04. The third-order valence-electron chi connectivity index (χ3n) is 2.68. The Morgan fingerprint density at radius 1 is 1.18 bits per heavy atom. The quantitative estimate of drug-likeness (QED) is 0.861. The van der Waals surface area contributed by atoms with Crippen LogP contribution in [0.3, 0.4) is 0 Å². The Morgan fingerprint density at radius 3 is 2.47 bits per heavy atom. The number of benzene rings is 1. The first kappa shape index (κ1) is 11.5. The Kier molecular flexibility index (Phi) is 3.04. The molecule has 0 radical (unpaired) electrons. The zero-order valence-corrected chi connectivity index (χ0v) is 10.2. The van der Waals surface area contributed by atoms with Crippen molar-refractivity contribution in [3.8, 4) is 0 Å². The van der Waals surface area contributed by atoms with Crippen LogP contribution in [0.2, 0.25) is 0 Å². The van der Waals surface area contributed by atoms with E-state index in [1.807, 2.05) is 39.0 Å². The third-order valence-corrected chi connectivity index (χ3v) is 2.68. The fraction of sp³-hybridized carbons (Fsp3) is 0.308. The molecule has 2 rings (SSSR count). The largest absolute Gasteiger partial charge is 0.326 e. The Labute approximate surface area is 100 Å². The van der Waals surface area contributed by atoms with Crippen LogP contribution < -0.4 is 5.32 Å². The first-order valence-electron chi connectivity index (χ1n) is 5.65. The van der Waals surface area contributed by atoms with Gasteiger partial charge in [-0.15, -0.1) is 0 Å². The second kappa shape index (κ2) is 4.49. The van der Waals surface area contributed by atoms with Crippen molar-refractivity contribution in [2.75, 3.05) is 5.32 Å². The second-order valence-electron chi connectivity index (χ2n) is 4.00. The maximum absolute atomic E-state index is 11.3. The number of nitrogens with zero attached hydrogens (tertiary/aromatic N) is 2. The molecule has 1 N–H and O–H groups in total. The van der Waals surface area contributed by atoms with Gasteiger partial charge in [0.05, 0.1) is 22.4 Å². The van der Waals surface area contributed by atoms with Crippen LogP contribution >= 0.6 is 0 Å². The number of aryl methyl sites for hydroxylation is 2. The number of hydrogen-bond acceptors (Lipinski definition) is 3. The molecule has 0 unspecified atom stereocenters. The van der Waals surface area contributed by atoms with E-state index in [2.05, 4.69) is 15.3 Å². The average Bonchev–Trinajstić information content (AvgIpc) is 2.31. The minimum atomic E-state index is 0.00106. The number of fused-ring (bicyclic) bond motifs is 1. The van der Waals surface area contributed by atoms with Gasteiger partial charge in [-0.3, -0.25) is 4.79 Å². The Bertz CT molecular complexity index is 578. The van der Waals surface area contributed by atoms with Crippen LogP contribution in [0.5, 0.6) is 0 Å². The van der Waals surface area contributed by atoms with Crippen molar-refractivity contribution in [2.45, 2.75) is 27.2 Å². The normalized spacial score (nSPS) is 10.5. The van der Waals surface area contributed by atoms with Gasteiger partial charge in [0, 0.05) is 12.1 Å². The summed E-state index contributed by atoms with van der Waals surface area (Å²) < 4.78 is 0. The molecule has 0 fully saturated rings. The molecule has 4 nitrogen and oxygen atoms in total. The Morgan fingerprint density at radius 2 is 1.82 bits per heavy atom. The van der Waals surface area contributed by atoms with E-state index in [9.17, 15) is 4.79 Å². The maximum atomic E-state index is 11.3. The molecule has 4 heteroatoms. The van der Waals surface area contributed by atoms with E-state index in [1.54, 1.807) is 0 Å². The maximum Gasteiger partial charge on any atom is 0.224 e. The van der Waals surface area contributed by atoms with Gasteiger partial charge in [0.1, 0.15) is 0 Å². The smallest absolute Gasteiger partial charge is 0.224 e. The standard InChI is InChI=1S/C13H15N3O/c1-4-13(17)16-10-5-6-11-12(7-10)15-9(3)8(2)14-11/h5-7H,4H2,1-3H3,(H,16,17). The number of carbonyl (C=O) groups is 1. The lowest BCUT2D eigenvalue weighted by atomic mass is 10.2. The van der Waals surface area contributed by atoms with Crippen LogP contribution in [-0.4, -0.2) is 15.9 Å². The highest BCUT2D eigenvalue weighted by molar-refractivity contribution is 5.92. The zero-order chi connectivity index (χ0) is 12.4. The number of anilines is 1. The molecule has 2 aromatic rings. The van der Waals surface area contributed by atoms with Gasteiger partial charge in [0.25, 0.3) is 0 Å². The van der Waals surface area contributed by atoms with E-state index in [4.69, 9.17) is 0 Å². The highest BCUT2D eigenvalue weighted by Crippen LogP contribution is 2.17. The summed E-state index contributed by atoms with van der Waals surface area (Å²) in [5.74, 6) is 0.00106. The minimum Gasteiger partial charge on any atom is -0.326 e. The molecule has 1 aromatic heterocycles. The summed E-state index contributed by atoms with van der Waals surface area (Å²) in [6, 6.07) is 5.57. The number of hydrogen-bond donors (Lipinski definition) is 1. The molecule has 1 amide bonds. The van der Waals surface area contributed by atoms with Crippen molar-refractivity contribution < 1.29 is 4.79 Å². The molecule has 0 aliphatic rings. The molecule has 0 aliphatic carbocycles. The molecule has 0 spiro atoms. The van der Waals surface area contributed by atoms with Crippen molar-refractivity contribution in [3.63, 3.8) is 0 Å². The second-order valence-corrected chi connectivity index (χ2v) is 4.00. The number of nitrogens with one attached hydrogen (secondary N) is 1. The van der Waals surface area contributed by atoms with Crippen molar-refractivity contribution in [2.24, 2.45) is 0 Å². The van der Waals surface area contributed by atoms with Gasteiger partial charge in [-0.05, 0) is 32.0 Å². The average molecular weight is 229 g/mol. The van der Waals surface area contributed by atoms with Crippen molar-refractivity contribution in [3.05, 3.63) is 29.6 Å². The van der Waals surface area contributed by atoms with E-state index in [0.29, 0.717) is 6.42 Å². The van der Waals surface area contributed by atoms with Crippen LogP contribution in [-0.2, 0) is 4.79 Å². The summed E-state index contributed by atoms with van der Waals surface area (Å²) in [6.07, 6.45) is 0.469. The van der Waals surface area contributed by atoms with Crippen LogP contribution in [0.4, 0.5) is 5.69 Å². The van der Waals surface area contributed by atoms with E-state index in [-0.39, 0.29) is 5.91 Å². The van der Waals surface area contributed by atoms with Gasteiger partial charge in [-0.1, -0.05) is 6.92 Å². The monoisotopic (exact) mass is 229 g/mol. The first-order chi connectivity index (χ1) is 8.10. The third kappa shape index (κ3) is 2.41. The predicted octanol–water partition coefficient (Wildman–Crippen LogP) is 2.60. The van der Waals surface area contributed by atoms with Gasteiger partial charge in [0.2, 0.25) is 5.91 Å².